The number of amides is 2. The fourth-order valence-corrected chi connectivity index (χ4v) is 3.72. The van der Waals surface area contributed by atoms with Crippen LogP contribution >= 0.6 is 0 Å². The van der Waals surface area contributed by atoms with Gasteiger partial charge in [0.15, 0.2) is 0 Å². The molecule has 1 atom stereocenters. The molecule has 138 valence electrons. The number of hydrogen-bond donors (Lipinski definition) is 3. The predicted octanol–water partition coefficient (Wildman–Crippen LogP) is 2.28. The van der Waals surface area contributed by atoms with Crippen LogP contribution in [-0.2, 0) is 13.0 Å². The second kappa shape index (κ2) is 6.96. The number of carbonyl (C=O) groups is 1. The van der Waals surface area contributed by atoms with Gasteiger partial charge in [0, 0.05) is 25.2 Å². The molecule has 1 aliphatic carbocycles. The monoisotopic (exact) mass is 345 g/mol. The van der Waals surface area contributed by atoms with E-state index in [0.717, 1.165) is 32.4 Å². The van der Waals surface area contributed by atoms with Crippen molar-refractivity contribution in [3.8, 4) is 0 Å². The van der Waals surface area contributed by atoms with Crippen molar-refractivity contribution in [2.45, 2.75) is 57.7 Å². The van der Waals surface area contributed by atoms with Gasteiger partial charge in [0.25, 0.3) is 0 Å². The maximum Gasteiger partial charge on any atom is 0.315 e. The van der Waals surface area contributed by atoms with E-state index >= 15 is 0 Å². The Bertz CT molecular complexity index is 627. The quantitative estimate of drug-likeness (QED) is 0.741. The smallest absolute Gasteiger partial charge is 0.315 e. The SMILES string of the molecule is CC(CO)(NC(=O)NCC(C)(C)N1CCc2ccccc2C1)C1CC1. The number of fused-ring (bicyclic) bond motifs is 1. The zero-order chi connectivity index (χ0) is 18.1. The topological polar surface area (TPSA) is 64.6 Å². The number of nitrogens with one attached hydrogen (secondary N) is 2. The first kappa shape index (κ1) is 18.2. The van der Waals surface area contributed by atoms with Crippen LogP contribution in [-0.4, -0.2) is 46.8 Å². The molecule has 0 saturated heterocycles. The van der Waals surface area contributed by atoms with Gasteiger partial charge in [-0.3, -0.25) is 4.90 Å². The third kappa shape index (κ3) is 4.15. The molecule has 2 amide bonds. The summed E-state index contributed by atoms with van der Waals surface area (Å²) in [6, 6.07) is 8.41. The van der Waals surface area contributed by atoms with E-state index in [1.165, 1.54) is 11.1 Å². The van der Waals surface area contributed by atoms with Crippen LogP contribution < -0.4 is 10.6 Å². The van der Waals surface area contributed by atoms with Gasteiger partial charge < -0.3 is 15.7 Å². The van der Waals surface area contributed by atoms with Crippen molar-refractivity contribution in [1.29, 1.82) is 0 Å². The first-order valence-electron chi connectivity index (χ1n) is 9.33. The number of benzene rings is 1. The Morgan fingerprint density at radius 1 is 1.24 bits per heavy atom. The lowest BCUT2D eigenvalue weighted by molar-refractivity contribution is 0.102. The van der Waals surface area contributed by atoms with Gasteiger partial charge in [0.05, 0.1) is 12.1 Å². The van der Waals surface area contributed by atoms with Gasteiger partial charge in [0.2, 0.25) is 0 Å². The fourth-order valence-electron chi connectivity index (χ4n) is 3.72. The van der Waals surface area contributed by atoms with E-state index in [1.807, 2.05) is 6.92 Å². The molecule has 1 saturated carbocycles. The van der Waals surface area contributed by atoms with Crippen LogP contribution in [0.2, 0.25) is 0 Å². The van der Waals surface area contributed by atoms with Crippen molar-refractivity contribution >= 4 is 6.03 Å². The molecule has 1 unspecified atom stereocenters. The summed E-state index contributed by atoms with van der Waals surface area (Å²) in [6.07, 6.45) is 3.21. The molecular weight excluding hydrogens is 314 g/mol. The lowest BCUT2D eigenvalue weighted by Crippen LogP contribution is -2.58. The van der Waals surface area contributed by atoms with Gasteiger partial charge in [-0.1, -0.05) is 24.3 Å². The Labute approximate surface area is 150 Å². The summed E-state index contributed by atoms with van der Waals surface area (Å²) in [5.74, 6) is 0.398. The van der Waals surface area contributed by atoms with Crippen LogP contribution in [0.1, 0.15) is 44.7 Å². The molecule has 5 nitrogen and oxygen atoms in total. The van der Waals surface area contributed by atoms with Crippen molar-refractivity contribution in [2.24, 2.45) is 5.92 Å². The van der Waals surface area contributed by atoms with E-state index in [-0.39, 0.29) is 18.2 Å². The van der Waals surface area contributed by atoms with Crippen molar-refractivity contribution < 1.29 is 9.90 Å². The molecule has 5 heteroatoms. The summed E-state index contributed by atoms with van der Waals surface area (Å²) in [4.78, 5) is 14.8. The van der Waals surface area contributed by atoms with Crippen LogP contribution in [0.25, 0.3) is 0 Å². The normalized spacial score (nSPS) is 20.5. The second-order valence-corrected chi connectivity index (χ2v) is 8.41. The summed E-state index contributed by atoms with van der Waals surface area (Å²) in [6.45, 7) is 8.76. The van der Waals surface area contributed by atoms with Crippen LogP contribution in [0, 0.1) is 5.92 Å². The van der Waals surface area contributed by atoms with Crippen LogP contribution in [0.4, 0.5) is 4.79 Å². The number of nitrogens with zero attached hydrogens (tertiary/aromatic N) is 1. The summed E-state index contributed by atoms with van der Waals surface area (Å²) >= 11 is 0. The summed E-state index contributed by atoms with van der Waals surface area (Å²) in [7, 11) is 0. The predicted molar refractivity (Wildman–Crippen MR) is 99.4 cm³/mol. The lowest BCUT2D eigenvalue weighted by atomic mass is 9.94. The van der Waals surface area contributed by atoms with Crippen LogP contribution in [0.5, 0.6) is 0 Å². The van der Waals surface area contributed by atoms with E-state index in [4.69, 9.17) is 0 Å². The highest BCUT2D eigenvalue weighted by atomic mass is 16.3. The fraction of sp³-hybridized carbons (Fsp3) is 0.650. The van der Waals surface area contributed by atoms with Crippen molar-refractivity contribution in [1.82, 2.24) is 15.5 Å². The molecule has 1 aliphatic heterocycles. The molecule has 3 N–H and O–H groups in total. The number of hydrogen-bond acceptors (Lipinski definition) is 3. The minimum atomic E-state index is -0.502. The molecule has 2 aliphatic rings. The van der Waals surface area contributed by atoms with E-state index in [9.17, 15) is 9.90 Å². The highest BCUT2D eigenvalue weighted by Crippen LogP contribution is 2.39. The third-order valence-electron chi connectivity index (χ3n) is 5.87. The Balaban J connectivity index is 1.54. The molecule has 3 rings (SSSR count). The molecule has 0 radical (unpaired) electrons. The maximum atomic E-state index is 12.3. The number of urea groups is 1. The molecule has 1 fully saturated rings. The third-order valence-corrected chi connectivity index (χ3v) is 5.87. The molecule has 1 aromatic carbocycles. The number of rotatable bonds is 6. The highest BCUT2D eigenvalue weighted by molar-refractivity contribution is 5.75. The minimum absolute atomic E-state index is 0.0165. The van der Waals surface area contributed by atoms with Crippen LogP contribution in [0.15, 0.2) is 24.3 Å². The van der Waals surface area contributed by atoms with Gasteiger partial charge in [-0.15, -0.1) is 0 Å². The first-order valence-corrected chi connectivity index (χ1v) is 9.33. The number of aliphatic hydroxyl groups is 1. The number of carbonyl (C=O) groups excluding carboxylic acids is 1. The van der Waals surface area contributed by atoms with Gasteiger partial charge in [-0.2, -0.15) is 0 Å². The molecule has 0 bridgehead atoms. The Hall–Kier alpha value is -1.59. The van der Waals surface area contributed by atoms with Crippen LogP contribution in [0.3, 0.4) is 0 Å². The van der Waals surface area contributed by atoms with Crippen molar-refractivity contribution in [3.05, 3.63) is 35.4 Å². The largest absolute Gasteiger partial charge is 0.394 e. The molecule has 25 heavy (non-hydrogen) atoms. The summed E-state index contributed by atoms with van der Waals surface area (Å²) in [5.41, 5.74) is 2.19. The van der Waals surface area contributed by atoms with Gasteiger partial charge in [-0.25, -0.2) is 4.79 Å². The van der Waals surface area contributed by atoms with E-state index < -0.39 is 5.54 Å². The van der Waals surface area contributed by atoms with Gasteiger partial charge >= 0.3 is 6.03 Å². The Morgan fingerprint density at radius 3 is 2.56 bits per heavy atom. The molecular formula is C20H31N3O2. The average molecular weight is 345 g/mol. The van der Waals surface area contributed by atoms with Gasteiger partial charge in [-0.05, 0) is 57.1 Å². The standard InChI is InChI=1S/C20H31N3O2/c1-19(2,23-11-10-15-6-4-5-7-16(15)12-23)13-21-18(25)22-20(3,14-24)17-8-9-17/h4-7,17,24H,8-14H2,1-3H3,(H2,21,22,25). The lowest BCUT2D eigenvalue weighted by Gasteiger charge is -2.42. The van der Waals surface area contributed by atoms with Crippen molar-refractivity contribution in [3.63, 3.8) is 0 Å². The van der Waals surface area contributed by atoms with Gasteiger partial charge in [0.1, 0.15) is 0 Å². The first-order chi connectivity index (χ1) is 11.8. The number of aliphatic hydroxyl groups excluding tert-OH is 1. The summed E-state index contributed by atoms with van der Waals surface area (Å²) in [5, 5.41) is 15.6. The van der Waals surface area contributed by atoms with Crippen molar-refractivity contribution in [2.75, 3.05) is 19.7 Å². The minimum Gasteiger partial charge on any atom is -0.394 e. The average Bonchev–Trinajstić information content (AvgIpc) is 3.45. The highest BCUT2D eigenvalue weighted by Gasteiger charge is 2.42. The van der Waals surface area contributed by atoms with E-state index in [0.29, 0.717) is 12.5 Å². The molecule has 1 heterocycles. The van der Waals surface area contributed by atoms with E-state index in [2.05, 4.69) is 53.6 Å². The van der Waals surface area contributed by atoms with E-state index in [1.54, 1.807) is 0 Å². The Kier molecular flexibility index (Phi) is 5.07. The summed E-state index contributed by atoms with van der Waals surface area (Å²) < 4.78 is 0. The molecule has 0 spiro atoms. The maximum absolute atomic E-state index is 12.3. The zero-order valence-electron chi connectivity index (χ0n) is 15.6. The Morgan fingerprint density at radius 2 is 1.92 bits per heavy atom. The second-order valence-electron chi connectivity index (χ2n) is 8.41. The zero-order valence-corrected chi connectivity index (χ0v) is 15.6. The molecule has 0 aromatic heterocycles. The molecule has 1 aromatic rings.